The molecular weight excluding hydrogens is 250 g/mol. The van der Waals surface area contributed by atoms with Crippen LogP contribution in [0.4, 0.5) is 0 Å². The van der Waals surface area contributed by atoms with Crippen LogP contribution in [0.15, 0.2) is 0 Å². The monoisotopic (exact) mass is 283 g/mol. The van der Waals surface area contributed by atoms with Crippen molar-refractivity contribution in [2.24, 2.45) is 5.73 Å². The normalized spacial score (nSPS) is 31.4. The van der Waals surface area contributed by atoms with Gasteiger partial charge in [-0.25, -0.2) is 0 Å². The minimum Gasteiger partial charge on any atom is -0.381 e. The topological polar surface area (TPSA) is 41.7 Å². The predicted octanol–water partition coefficient (Wildman–Crippen LogP) is 1.69. The molecular formula is C16H33N3O. The molecule has 0 aromatic carbocycles. The Morgan fingerprint density at radius 2 is 1.95 bits per heavy atom. The van der Waals surface area contributed by atoms with E-state index in [9.17, 15) is 0 Å². The second-order valence-corrected chi connectivity index (χ2v) is 6.39. The summed E-state index contributed by atoms with van der Waals surface area (Å²) in [7, 11) is 1.86. The minimum atomic E-state index is 0.493. The molecule has 1 aliphatic heterocycles. The summed E-state index contributed by atoms with van der Waals surface area (Å²) in [4.78, 5) is 5.36. The molecule has 0 aromatic heterocycles. The van der Waals surface area contributed by atoms with E-state index >= 15 is 0 Å². The number of methoxy groups -OCH3 is 1. The number of nitrogens with zero attached hydrogens (tertiary/aromatic N) is 2. The van der Waals surface area contributed by atoms with Gasteiger partial charge in [0.1, 0.15) is 0 Å². The van der Waals surface area contributed by atoms with E-state index in [0.29, 0.717) is 12.1 Å². The van der Waals surface area contributed by atoms with Crippen molar-refractivity contribution in [3.63, 3.8) is 0 Å². The Kier molecular flexibility index (Phi) is 6.75. The third kappa shape index (κ3) is 4.17. The van der Waals surface area contributed by atoms with Crippen molar-refractivity contribution in [2.45, 2.75) is 63.6 Å². The van der Waals surface area contributed by atoms with Crippen LogP contribution in [0.1, 0.15) is 45.4 Å². The summed E-state index contributed by atoms with van der Waals surface area (Å²) in [5.41, 5.74) is 5.74. The fraction of sp³-hybridized carbons (Fsp3) is 1.00. The summed E-state index contributed by atoms with van der Waals surface area (Å²) < 4.78 is 5.57. The van der Waals surface area contributed by atoms with E-state index in [4.69, 9.17) is 10.5 Å². The van der Waals surface area contributed by atoms with Crippen LogP contribution in [0.5, 0.6) is 0 Å². The maximum atomic E-state index is 5.74. The van der Waals surface area contributed by atoms with Gasteiger partial charge in [-0.05, 0) is 45.1 Å². The van der Waals surface area contributed by atoms with Gasteiger partial charge in [0.05, 0.1) is 6.10 Å². The number of nitrogens with two attached hydrogens (primary N) is 1. The number of rotatable bonds is 6. The third-order valence-electron chi connectivity index (χ3n) is 5.28. The molecule has 4 heteroatoms. The van der Waals surface area contributed by atoms with Gasteiger partial charge < -0.3 is 10.5 Å². The predicted molar refractivity (Wildman–Crippen MR) is 83.9 cm³/mol. The SMILES string of the molecule is CCC(CCN)N1CCN(C2CCCC(OC)C2)CC1. The molecule has 2 aliphatic rings. The van der Waals surface area contributed by atoms with Crippen LogP contribution in [0.25, 0.3) is 0 Å². The average molecular weight is 283 g/mol. The molecule has 3 unspecified atom stereocenters. The van der Waals surface area contributed by atoms with Gasteiger partial charge in [-0.15, -0.1) is 0 Å². The molecule has 1 aliphatic carbocycles. The summed E-state index contributed by atoms with van der Waals surface area (Å²) in [6, 6.07) is 1.45. The van der Waals surface area contributed by atoms with Gasteiger partial charge in [-0.3, -0.25) is 9.80 Å². The number of hydrogen-bond donors (Lipinski definition) is 1. The standard InChI is InChI=1S/C16H33N3O/c1-3-14(7-8-17)18-9-11-19(12-10-18)15-5-4-6-16(13-15)20-2/h14-16H,3-13,17H2,1-2H3. The minimum absolute atomic E-state index is 0.493. The quantitative estimate of drug-likeness (QED) is 0.805. The van der Waals surface area contributed by atoms with Gasteiger partial charge in [0.25, 0.3) is 0 Å². The van der Waals surface area contributed by atoms with Crippen LogP contribution >= 0.6 is 0 Å². The first-order valence-corrected chi connectivity index (χ1v) is 8.49. The molecule has 0 spiro atoms. The van der Waals surface area contributed by atoms with E-state index in [1.807, 2.05) is 7.11 Å². The van der Waals surface area contributed by atoms with Crippen LogP contribution < -0.4 is 5.73 Å². The van der Waals surface area contributed by atoms with E-state index in [0.717, 1.165) is 19.0 Å². The van der Waals surface area contributed by atoms with E-state index < -0.39 is 0 Å². The first kappa shape index (κ1) is 16.2. The number of ether oxygens (including phenoxy) is 1. The van der Waals surface area contributed by atoms with E-state index in [1.165, 1.54) is 58.3 Å². The molecule has 0 aromatic rings. The van der Waals surface area contributed by atoms with Crippen LogP contribution in [0, 0.1) is 0 Å². The molecule has 2 fully saturated rings. The Labute approximate surface area is 124 Å². The first-order chi connectivity index (χ1) is 9.78. The molecule has 118 valence electrons. The van der Waals surface area contributed by atoms with Crippen molar-refractivity contribution in [1.29, 1.82) is 0 Å². The fourth-order valence-electron chi connectivity index (χ4n) is 3.97. The highest BCUT2D eigenvalue weighted by molar-refractivity contribution is 4.85. The summed E-state index contributed by atoms with van der Waals surface area (Å²) in [5.74, 6) is 0. The Balaban J connectivity index is 1.78. The van der Waals surface area contributed by atoms with Crippen molar-refractivity contribution < 1.29 is 4.74 Å². The zero-order valence-corrected chi connectivity index (χ0v) is 13.4. The average Bonchev–Trinajstić information content (AvgIpc) is 2.53. The van der Waals surface area contributed by atoms with Gasteiger partial charge in [-0.1, -0.05) is 6.92 Å². The van der Waals surface area contributed by atoms with Crippen molar-refractivity contribution in [3.05, 3.63) is 0 Å². The zero-order valence-electron chi connectivity index (χ0n) is 13.4. The lowest BCUT2D eigenvalue weighted by Gasteiger charge is -2.44. The van der Waals surface area contributed by atoms with Gasteiger partial charge in [-0.2, -0.15) is 0 Å². The third-order valence-corrected chi connectivity index (χ3v) is 5.28. The Morgan fingerprint density at radius 3 is 2.55 bits per heavy atom. The lowest BCUT2D eigenvalue weighted by molar-refractivity contribution is 0.00458. The zero-order chi connectivity index (χ0) is 14.4. The highest BCUT2D eigenvalue weighted by atomic mass is 16.5. The molecule has 0 radical (unpaired) electrons. The Morgan fingerprint density at radius 1 is 1.20 bits per heavy atom. The van der Waals surface area contributed by atoms with E-state index in [1.54, 1.807) is 0 Å². The van der Waals surface area contributed by atoms with Gasteiger partial charge in [0, 0.05) is 45.4 Å². The van der Waals surface area contributed by atoms with Crippen molar-refractivity contribution in [3.8, 4) is 0 Å². The molecule has 1 heterocycles. The lowest BCUT2D eigenvalue weighted by Crippen LogP contribution is -2.54. The second-order valence-electron chi connectivity index (χ2n) is 6.39. The van der Waals surface area contributed by atoms with Crippen LogP contribution in [0.3, 0.4) is 0 Å². The smallest absolute Gasteiger partial charge is 0.0586 e. The van der Waals surface area contributed by atoms with Gasteiger partial charge >= 0.3 is 0 Å². The maximum Gasteiger partial charge on any atom is 0.0586 e. The van der Waals surface area contributed by atoms with Crippen molar-refractivity contribution in [2.75, 3.05) is 39.8 Å². The van der Waals surface area contributed by atoms with Crippen LogP contribution in [-0.2, 0) is 4.74 Å². The van der Waals surface area contributed by atoms with Gasteiger partial charge in [0.15, 0.2) is 0 Å². The van der Waals surface area contributed by atoms with E-state index in [2.05, 4.69) is 16.7 Å². The first-order valence-electron chi connectivity index (χ1n) is 8.49. The molecule has 20 heavy (non-hydrogen) atoms. The largest absolute Gasteiger partial charge is 0.381 e. The van der Waals surface area contributed by atoms with Gasteiger partial charge in [0.2, 0.25) is 0 Å². The number of piperazine rings is 1. The second kappa shape index (κ2) is 8.32. The molecule has 2 rings (SSSR count). The molecule has 0 amide bonds. The van der Waals surface area contributed by atoms with Crippen LogP contribution in [0.2, 0.25) is 0 Å². The molecule has 3 atom stereocenters. The van der Waals surface area contributed by atoms with Crippen molar-refractivity contribution >= 4 is 0 Å². The van der Waals surface area contributed by atoms with Crippen molar-refractivity contribution in [1.82, 2.24) is 9.80 Å². The highest BCUT2D eigenvalue weighted by Crippen LogP contribution is 2.26. The molecule has 0 bridgehead atoms. The summed E-state index contributed by atoms with van der Waals surface area (Å²) in [6.07, 6.45) is 8.04. The van der Waals surface area contributed by atoms with E-state index in [-0.39, 0.29) is 0 Å². The summed E-state index contributed by atoms with van der Waals surface area (Å²) in [5, 5.41) is 0. The molecule has 4 nitrogen and oxygen atoms in total. The lowest BCUT2D eigenvalue weighted by atomic mass is 9.91. The molecule has 1 saturated carbocycles. The highest BCUT2D eigenvalue weighted by Gasteiger charge is 2.30. The molecule has 1 saturated heterocycles. The Hall–Kier alpha value is -0.160. The molecule has 2 N–H and O–H groups in total. The maximum absolute atomic E-state index is 5.74. The number of hydrogen-bond acceptors (Lipinski definition) is 4. The fourth-order valence-corrected chi connectivity index (χ4v) is 3.97. The Bertz CT molecular complexity index is 266. The summed E-state index contributed by atoms with van der Waals surface area (Å²) >= 11 is 0. The van der Waals surface area contributed by atoms with Crippen LogP contribution in [-0.4, -0.2) is 67.8 Å². The summed E-state index contributed by atoms with van der Waals surface area (Å²) in [6.45, 7) is 7.98.